The molecule has 6 heteroatoms. The zero-order chi connectivity index (χ0) is 18.8. The van der Waals surface area contributed by atoms with E-state index in [0.717, 1.165) is 42.7 Å². The Morgan fingerprint density at radius 2 is 1.85 bits per heavy atom. The summed E-state index contributed by atoms with van der Waals surface area (Å²) in [6.07, 6.45) is 4.01. The highest BCUT2D eigenvalue weighted by atomic mass is 16.2. The van der Waals surface area contributed by atoms with Crippen LogP contribution in [0.4, 0.5) is 0 Å². The van der Waals surface area contributed by atoms with Gasteiger partial charge < -0.3 is 4.90 Å². The lowest BCUT2D eigenvalue weighted by Gasteiger charge is -2.32. The number of hydrogen-bond acceptors (Lipinski definition) is 3. The summed E-state index contributed by atoms with van der Waals surface area (Å²) in [7, 11) is 1.79. The Labute approximate surface area is 158 Å². The fourth-order valence-electron chi connectivity index (χ4n) is 3.90. The smallest absolute Gasteiger partial charge is 0.330 e. The van der Waals surface area contributed by atoms with E-state index in [9.17, 15) is 9.59 Å². The largest absolute Gasteiger partial charge is 0.342 e. The van der Waals surface area contributed by atoms with Gasteiger partial charge in [0.2, 0.25) is 5.91 Å². The van der Waals surface area contributed by atoms with Crippen molar-refractivity contribution in [1.29, 1.82) is 0 Å². The van der Waals surface area contributed by atoms with Gasteiger partial charge in [0.15, 0.2) is 5.65 Å². The summed E-state index contributed by atoms with van der Waals surface area (Å²) in [5.41, 5.74) is 2.63. The minimum absolute atomic E-state index is 0.0220. The molecule has 0 N–H and O–H groups in total. The molecule has 1 saturated heterocycles. The lowest BCUT2D eigenvalue weighted by molar-refractivity contribution is -0.131. The minimum atomic E-state index is -0.0220. The Bertz CT molecular complexity index is 998. The predicted molar refractivity (Wildman–Crippen MR) is 104 cm³/mol. The van der Waals surface area contributed by atoms with Crippen molar-refractivity contribution in [2.45, 2.75) is 25.8 Å². The summed E-state index contributed by atoms with van der Waals surface area (Å²) in [5, 5.41) is 0. The number of hydrogen-bond donors (Lipinski definition) is 0. The zero-order valence-electron chi connectivity index (χ0n) is 15.5. The number of carbonyl (C=O) groups is 1. The second-order valence-corrected chi connectivity index (χ2v) is 7.28. The highest BCUT2D eigenvalue weighted by Gasteiger charge is 2.24. The Kier molecular flexibility index (Phi) is 4.79. The fraction of sp³-hybridized carbons (Fsp3) is 0.381. The van der Waals surface area contributed by atoms with E-state index in [0.29, 0.717) is 18.9 Å². The Hall–Kier alpha value is -2.89. The highest BCUT2D eigenvalue weighted by Crippen LogP contribution is 2.21. The zero-order valence-corrected chi connectivity index (χ0v) is 15.5. The van der Waals surface area contributed by atoms with E-state index in [2.05, 4.69) is 4.98 Å². The molecule has 1 aliphatic heterocycles. The number of carbonyl (C=O) groups excluding carboxylic acids is 1. The summed E-state index contributed by atoms with van der Waals surface area (Å²) >= 11 is 0. The molecule has 0 radical (unpaired) electrons. The van der Waals surface area contributed by atoms with Crippen LogP contribution >= 0.6 is 0 Å². The summed E-state index contributed by atoms with van der Waals surface area (Å²) in [4.78, 5) is 31.4. The molecule has 4 rings (SSSR count). The third kappa shape index (κ3) is 3.52. The number of pyridine rings is 1. The molecule has 1 aromatic carbocycles. The quantitative estimate of drug-likeness (QED) is 0.713. The number of benzene rings is 1. The van der Waals surface area contributed by atoms with Crippen LogP contribution in [0.1, 0.15) is 18.4 Å². The van der Waals surface area contributed by atoms with Gasteiger partial charge >= 0.3 is 5.69 Å². The third-order valence-electron chi connectivity index (χ3n) is 5.51. The highest BCUT2D eigenvalue weighted by molar-refractivity contribution is 5.78. The SMILES string of the molecule is Cn1c(=O)n(CC2CCN(C(=O)Cc3ccccc3)CC2)c2ncccc21. The van der Waals surface area contributed by atoms with Gasteiger partial charge in [-0.15, -0.1) is 0 Å². The van der Waals surface area contributed by atoms with E-state index in [1.54, 1.807) is 22.4 Å². The van der Waals surface area contributed by atoms with Crippen LogP contribution in [0.2, 0.25) is 0 Å². The standard InChI is InChI=1S/C21H24N4O2/c1-23-18-8-5-11-22-20(18)25(21(23)27)15-17-9-12-24(13-10-17)19(26)14-16-6-3-2-4-7-16/h2-8,11,17H,9-10,12-15H2,1H3. The Balaban J connectivity index is 1.40. The number of nitrogens with zero attached hydrogens (tertiary/aromatic N) is 4. The van der Waals surface area contributed by atoms with Crippen molar-refractivity contribution in [3.63, 3.8) is 0 Å². The second kappa shape index (κ2) is 7.39. The summed E-state index contributed by atoms with van der Waals surface area (Å²) in [6, 6.07) is 13.6. The monoisotopic (exact) mass is 364 g/mol. The van der Waals surface area contributed by atoms with Crippen molar-refractivity contribution < 1.29 is 4.79 Å². The lowest BCUT2D eigenvalue weighted by atomic mass is 9.96. The first kappa shape index (κ1) is 17.5. The van der Waals surface area contributed by atoms with Crippen LogP contribution in [0.3, 0.4) is 0 Å². The molecule has 1 amide bonds. The van der Waals surface area contributed by atoms with Crippen molar-refractivity contribution >= 4 is 17.1 Å². The van der Waals surface area contributed by atoms with Gasteiger partial charge in [0.05, 0.1) is 11.9 Å². The first-order chi connectivity index (χ1) is 13.1. The van der Waals surface area contributed by atoms with Crippen LogP contribution < -0.4 is 5.69 Å². The van der Waals surface area contributed by atoms with E-state index in [1.165, 1.54) is 0 Å². The maximum Gasteiger partial charge on any atom is 0.330 e. The van der Waals surface area contributed by atoms with Crippen molar-refractivity contribution in [2.24, 2.45) is 13.0 Å². The van der Waals surface area contributed by atoms with Gasteiger partial charge in [0.25, 0.3) is 0 Å². The number of piperidine rings is 1. The van der Waals surface area contributed by atoms with Gasteiger partial charge in [0.1, 0.15) is 0 Å². The van der Waals surface area contributed by atoms with Gasteiger partial charge in [-0.3, -0.25) is 13.9 Å². The molecule has 1 fully saturated rings. The van der Waals surface area contributed by atoms with E-state index < -0.39 is 0 Å². The summed E-state index contributed by atoms with van der Waals surface area (Å²) in [6.45, 7) is 2.17. The predicted octanol–water partition coefficient (Wildman–Crippen LogP) is 2.22. The van der Waals surface area contributed by atoms with E-state index >= 15 is 0 Å². The number of rotatable bonds is 4. The van der Waals surface area contributed by atoms with E-state index in [-0.39, 0.29) is 11.6 Å². The molecule has 140 valence electrons. The van der Waals surface area contributed by atoms with Gasteiger partial charge in [-0.2, -0.15) is 0 Å². The normalized spacial score (nSPS) is 15.4. The molecule has 0 atom stereocenters. The van der Waals surface area contributed by atoms with Crippen molar-refractivity contribution in [3.8, 4) is 0 Å². The number of imidazole rings is 1. The average Bonchev–Trinajstić information content (AvgIpc) is 2.94. The molecule has 3 heterocycles. The molecule has 2 aromatic heterocycles. The molecular formula is C21H24N4O2. The van der Waals surface area contributed by atoms with Crippen molar-refractivity contribution in [1.82, 2.24) is 19.0 Å². The van der Waals surface area contributed by atoms with Crippen LogP contribution in [-0.2, 0) is 24.8 Å². The molecule has 1 aliphatic rings. The molecular weight excluding hydrogens is 340 g/mol. The van der Waals surface area contributed by atoms with Crippen molar-refractivity contribution in [3.05, 3.63) is 64.7 Å². The van der Waals surface area contributed by atoms with Crippen LogP contribution in [-0.4, -0.2) is 38.0 Å². The topological polar surface area (TPSA) is 60.1 Å². The molecule has 0 spiro atoms. The van der Waals surface area contributed by atoms with Gasteiger partial charge in [-0.25, -0.2) is 9.78 Å². The summed E-state index contributed by atoms with van der Waals surface area (Å²) < 4.78 is 3.43. The molecule has 0 aliphatic carbocycles. The number of likely N-dealkylation sites (tertiary alicyclic amines) is 1. The van der Waals surface area contributed by atoms with Gasteiger partial charge in [0, 0.05) is 32.9 Å². The van der Waals surface area contributed by atoms with Crippen LogP contribution in [0, 0.1) is 5.92 Å². The lowest BCUT2D eigenvalue weighted by Crippen LogP contribution is -2.40. The molecule has 0 unspecified atom stereocenters. The average molecular weight is 364 g/mol. The number of aryl methyl sites for hydroxylation is 1. The molecule has 27 heavy (non-hydrogen) atoms. The first-order valence-corrected chi connectivity index (χ1v) is 9.45. The van der Waals surface area contributed by atoms with Crippen LogP contribution in [0.25, 0.3) is 11.2 Å². The fourth-order valence-corrected chi connectivity index (χ4v) is 3.90. The van der Waals surface area contributed by atoms with Crippen LogP contribution in [0.15, 0.2) is 53.5 Å². The third-order valence-corrected chi connectivity index (χ3v) is 5.51. The molecule has 3 aromatic rings. The second-order valence-electron chi connectivity index (χ2n) is 7.28. The minimum Gasteiger partial charge on any atom is -0.342 e. The van der Waals surface area contributed by atoms with Gasteiger partial charge in [-0.1, -0.05) is 30.3 Å². The number of aromatic nitrogens is 3. The Morgan fingerprint density at radius 1 is 1.11 bits per heavy atom. The van der Waals surface area contributed by atoms with Crippen molar-refractivity contribution in [2.75, 3.05) is 13.1 Å². The number of amides is 1. The summed E-state index contributed by atoms with van der Waals surface area (Å²) in [5.74, 6) is 0.569. The maximum atomic E-state index is 12.6. The van der Waals surface area contributed by atoms with E-state index in [4.69, 9.17) is 0 Å². The molecule has 0 bridgehead atoms. The molecule has 6 nitrogen and oxygen atoms in total. The maximum absolute atomic E-state index is 12.6. The molecule has 0 saturated carbocycles. The number of fused-ring (bicyclic) bond motifs is 1. The Morgan fingerprint density at radius 3 is 2.59 bits per heavy atom. The first-order valence-electron chi connectivity index (χ1n) is 9.45. The van der Waals surface area contributed by atoms with Gasteiger partial charge in [-0.05, 0) is 36.5 Å². The van der Waals surface area contributed by atoms with Crippen LogP contribution in [0.5, 0.6) is 0 Å². The van der Waals surface area contributed by atoms with E-state index in [1.807, 2.05) is 47.4 Å².